The van der Waals surface area contributed by atoms with Crippen molar-refractivity contribution in [2.24, 2.45) is 0 Å². The first-order valence-corrected chi connectivity index (χ1v) is 4.80. The van der Waals surface area contributed by atoms with Crippen molar-refractivity contribution in [3.8, 4) is 0 Å². The van der Waals surface area contributed by atoms with Crippen LogP contribution in [0.5, 0.6) is 0 Å². The lowest BCUT2D eigenvalue weighted by atomic mass is 10.1. The van der Waals surface area contributed by atoms with Crippen LogP contribution in [0.1, 0.15) is 6.23 Å². The lowest BCUT2D eigenvalue weighted by Gasteiger charge is -2.16. The van der Waals surface area contributed by atoms with Crippen LogP contribution in [0, 0.1) is 0 Å². The Morgan fingerprint density at radius 1 is 1.44 bits per heavy atom. The van der Waals surface area contributed by atoms with E-state index >= 15 is 0 Å². The molecule has 0 saturated carbocycles. The molecule has 4 atom stereocenters. The molecule has 3 N–H and O–H groups in total. The van der Waals surface area contributed by atoms with E-state index in [1.165, 1.54) is 18.5 Å². The molecular formula is C9H12N2O5. The summed E-state index contributed by atoms with van der Waals surface area (Å²) in [5, 5.41) is 28.1. The number of aliphatic hydroxyl groups is 3. The van der Waals surface area contributed by atoms with Crippen molar-refractivity contribution < 1.29 is 20.1 Å². The van der Waals surface area contributed by atoms with Crippen molar-refractivity contribution >= 4 is 0 Å². The molecule has 1 fully saturated rings. The van der Waals surface area contributed by atoms with Gasteiger partial charge in [0, 0.05) is 12.4 Å². The minimum absolute atomic E-state index is 0.427. The second-order valence-corrected chi connectivity index (χ2v) is 3.54. The lowest BCUT2D eigenvalue weighted by Crippen LogP contribution is -2.35. The number of aliphatic hydroxyl groups excluding tert-OH is 3. The van der Waals surface area contributed by atoms with Crippen LogP contribution in [0.15, 0.2) is 23.3 Å². The molecule has 16 heavy (non-hydrogen) atoms. The summed E-state index contributed by atoms with van der Waals surface area (Å²) in [5.41, 5.74) is -0.586. The number of nitrogens with zero attached hydrogens (tertiary/aromatic N) is 2. The Hall–Kier alpha value is -1.28. The molecule has 0 spiro atoms. The quantitative estimate of drug-likeness (QED) is 0.533. The van der Waals surface area contributed by atoms with Crippen LogP contribution in [-0.2, 0) is 4.74 Å². The average Bonchev–Trinajstić information content (AvgIpc) is 2.57. The summed E-state index contributed by atoms with van der Waals surface area (Å²) in [6.07, 6.45) is -1.68. The standard InChI is InChI=1S/C9H12N2O5/c12-4-5-6(13)7(14)8(16-5)11-3-1-2-10-9(11)15/h1-3,5-8,12-14H,4H2/t5-,6+,7-,8+/m0/s1. The fraction of sp³-hybridized carbons (Fsp3) is 0.556. The highest BCUT2D eigenvalue weighted by atomic mass is 16.6. The van der Waals surface area contributed by atoms with Crippen LogP contribution in [-0.4, -0.2) is 49.8 Å². The van der Waals surface area contributed by atoms with E-state index in [0.717, 1.165) is 4.57 Å². The van der Waals surface area contributed by atoms with Crippen LogP contribution in [0.2, 0.25) is 0 Å². The molecule has 2 rings (SSSR count). The van der Waals surface area contributed by atoms with E-state index in [4.69, 9.17) is 9.84 Å². The van der Waals surface area contributed by atoms with Gasteiger partial charge in [0.15, 0.2) is 6.23 Å². The maximum Gasteiger partial charge on any atom is 0.349 e. The van der Waals surface area contributed by atoms with Crippen molar-refractivity contribution in [1.82, 2.24) is 9.55 Å². The molecule has 0 amide bonds. The van der Waals surface area contributed by atoms with Crippen molar-refractivity contribution in [3.63, 3.8) is 0 Å². The zero-order valence-corrected chi connectivity index (χ0v) is 8.30. The van der Waals surface area contributed by atoms with Gasteiger partial charge in [-0.1, -0.05) is 0 Å². The number of ether oxygens (including phenoxy) is 1. The second-order valence-electron chi connectivity index (χ2n) is 3.54. The number of hydrogen-bond donors (Lipinski definition) is 3. The molecule has 0 bridgehead atoms. The number of rotatable bonds is 2. The number of aromatic nitrogens is 2. The van der Waals surface area contributed by atoms with Gasteiger partial charge in [-0.3, -0.25) is 4.57 Å². The first-order valence-electron chi connectivity index (χ1n) is 4.80. The first kappa shape index (κ1) is 11.2. The molecule has 88 valence electrons. The van der Waals surface area contributed by atoms with Crippen molar-refractivity contribution in [2.75, 3.05) is 6.61 Å². The highest BCUT2D eigenvalue weighted by Gasteiger charge is 2.43. The van der Waals surface area contributed by atoms with E-state index in [-0.39, 0.29) is 0 Å². The largest absolute Gasteiger partial charge is 0.394 e. The molecule has 0 unspecified atom stereocenters. The molecule has 1 aliphatic heterocycles. The zero-order chi connectivity index (χ0) is 11.7. The maximum atomic E-state index is 11.4. The monoisotopic (exact) mass is 228 g/mol. The summed E-state index contributed by atoms with van der Waals surface area (Å²) in [6, 6.07) is 1.51. The third kappa shape index (κ3) is 1.74. The van der Waals surface area contributed by atoms with E-state index in [0.29, 0.717) is 0 Å². The SMILES string of the molecule is O=c1ncccn1[C@@H]1O[C@@H](CO)[C@@H](O)[C@@H]1O. The fourth-order valence-electron chi connectivity index (χ4n) is 1.67. The van der Waals surface area contributed by atoms with Gasteiger partial charge < -0.3 is 20.1 Å². The summed E-state index contributed by atoms with van der Waals surface area (Å²) in [5.74, 6) is 0. The normalized spacial score (nSPS) is 34.2. The van der Waals surface area contributed by atoms with Gasteiger partial charge in [0.2, 0.25) is 0 Å². The molecule has 0 radical (unpaired) electrons. The predicted octanol–water partition coefficient (Wildman–Crippen LogP) is -2.15. The van der Waals surface area contributed by atoms with Gasteiger partial charge in [-0.15, -0.1) is 0 Å². The van der Waals surface area contributed by atoms with Gasteiger partial charge in [-0.05, 0) is 6.07 Å². The molecule has 7 heteroatoms. The van der Waals surface area contributed by atoms with Gasteiger partial charge in [0.25, 0.3) is 0 Å². The van der Waals surface area contributed by atoms with Gasteiger partial charge in [-0.25, -0.2) is 9.78 Å². The van der Waals surface area contributed by atoms with Crippen molar-refractivity contribution in [1.29, 1.82) is 0 Å². The molecule has 0 aromatic carbocycles. The van der Waals surface area contributed by atoms with Crippen molar-refractivity contribution in [2.45, 2.75) is 24.5 Å². The van der Waals surface area contributed by atoms with Crippen LogP contribution >= 0.6 is 0 Å². The predicted molar refractivity (Wildman–Crippen MR) is 51.5 cm³/mol. The molecule has 7 nitrogen and oxygen atoms in total. The van der Waals surface area contributed by atoms with Gasteiger partial charge >= 0.3 is 5.69 Å². The highest BCUT2D eigenvalue weighted by Crippen LogP contribution is 2.27. The maximum absolute atomic E-state index is 11.4. The Labute approximate surface area is 90.6 Å². The molecule has 1 aliphatic rings. The molecule has 1 aromatic rings. The van der Waals surface area contributed by atoms with Crippen LogP contribution in [0.3, 0.4) is 0 Å². The summed E-state index contributed by atoms with van der Waals surface area (Å²) in [4.78, 5) is 14.9. The van der Waals surface area contributed by atoms with E-state index in [9.17, 15) is 15.0 Å². The molecule has 1 aromatic heterocycles. The Morgan fingerprint density at radius 2 is 2.19 bits per heavy atom. The Morgan fingerprint density at radius 3 is 2.75 bits per heavy atom. The van der Waals surface area contributed by atoms with Crippen molar-refractivity contribution in [3.05, 3.63) is 28.9 Å². The zero-order valence-electron chi connectivity index (χ0n) is 8.30. The van der Waals surface area contributed by atoms with Crippen LogP contribution < -0.4 is 5.69 Å². The topological polar surface area (TPSA) is 105 Å². The summed E-state index contributed by atoms with van der Waals surface area (Å²) >= 11 is 0. The Balaban J connectivity index is 2.30. The average molecular weight is 228 g/mol. The Kier molecular flexibility index (Phi) is 3.01. The summed E-state index contributed by atoms with van der Waals surface area (Å²) in [6.45, 7) is -0.427. The minimum Gasteiger partial charge on any atom is -0.394 e. The van der Waals surface area contributed by atoms with Gasteiger partial charge in [0.05, 0.1) is 6.61 Å². The highest BCUT2D eigenvalue weighted by molar-refractivity contribution is 4.92. The second kappa shape index (κ2) is 4.30. The van der Waals surface area contributed by atoms with E-state index in [1.807, 2.05) is 0 Å². The van der Waals surface area contributed by atoms with Gasteiger partial charge in [-0.2, -0.15) is 0 Å². The first-order chi connectivity index (χ1) is 7.65. The lowest BCUT2D eigenvalue weighted by molar-refractivity contribution is -0.0549. The minimum atomic E-state index is -1.26. The third-order valence-corrected chi connectivity index (χ3v) is 2.53. The molecule has 2 heterocycles. The Bertz CT molecular complexity index is 420. The third-order valence-electron chi connectivity index (χ3n) is 2.53. The van der Waals surface area contributed by atoms with Crippen LogP contribution in [0.25, 0.3) is 0 Å². The van der Waals surface area contributed by atoms with E-state index in [2.05, 4.69) is 4.98 Å². The fourth-order valence-corrected chi connectivity index (χ4v) is 1.67. The smallest absolute Gasteiger partial charge is 0.349 e. The molecular weight excluding hydrogens is 216 g/mol. The number of hydrogen-bond acceptors (Lipinski definition) is 6. The van der Waals surface area contributed by atoms with E-state index in [1.54, 1.807) is 0 Å². The van der Waals surface area contributed by atoms with Gasteiger partial charge in [0.1, 0.15) is 18.3 Å². The summed E-state index contributed by atoms with van der Waals surface area (Å²) in [7, 11) is 0. The molecule has 0 aliphatic carbocycles. The summed E-state index contributed by atoms with van der Waals surface area (Å²) < 4.78 is 6.25. The van der Waals surface area contributed by atoms with E-state index < -0.39 is 36.8 Å². The molecule has 1 saturated heterocycles. The van der Waals surface area contributed by atoms with Crippen LogP contribution in [0.4, 0.5) is 0 Å².